The lowest BCUT2D eigenvalue weighted by atomic mass is 9.98. The van der Waals surface area contributed by atoms with Crippen molar-refractivity contribution in [2.24, 2.45) is 0 Å². The Kier molecular flexibility index (Phi) is 3.81. The molecule has 2 aromatic carbocycles. The van der Waals surface area contributed by atoms with Crippen LogP contribution in [0, 0.1) is 25.5 Å². The second-order valence-electron chi connectivity index (χ2n) is 4.39. The first-order valence-electron chi connectivity index (χ1n) is 5.65. The van der Waals surface area contributed by atoms with Crippen molar-refractivity contribution in [2.45, 2.75) is 18.7 Å². The maximum absolute atomic E-state index is 13.7. The van der Waals surface area contributed by atoms with Crippen LogP contribution in [-0.4, -0.2) is 0 Å². The number of hydrogen-bond acceptors (Lipinski definition) is 0. The number of alkyl halides is 1. The zero-order valence-electron chi connectivity index (χ0n) is 10.2. The Bertz CT molecular complexity index is 527. The molecule has 94 valence electrons. The van der Waals surface area contributed by atoms with E-state index in [9.17, 15) is 8.78 Å². The third-order valence-corrected chi connectivity index (χ3v) is 3.93. The molecule has 1 atom stereocenters. The van der Waals surface area contributed by atoms with Crippen LogP contribution in [0.4, 0.5) is 8.78 Å². The minimum absolute atomic E-state index is 0.323. The minimum Gasteiger partial charge on any atom is -0.207 e. The van der Waals surface area contributed by atoms with Crippen LogP contribution in [0.5, 0.6) is 0 Å². The van der Waals surface area contributed by atoms with Crippen LogP contribution in [-0.2, 0) is 0 Å². The lowest BCUT2D eigenvalue weighted by molar-refractivity contribution is 0.588. The molecule has 0 N–H and O–H groups in total. The molecular weight excluding hydrogens is 298 g/mol. The Morgan fingerprint density at radius 1 is 0.944 bits per heavy atom. The quantitative estimate of drug-likeness (QED) is 0.680. The van der Waals surface area contributed by atoms with Crippen LogP contribution in [0.25, 0.3) is 0 Å². The molecule has 0 spiro atoms. The van der Waals surface area contributed by atoms with Gasteiger partial charge in [0, 0.05) is 5.56 Å². The summed E-state index contributed by atoms with van der Waals surface area (Å²) in [6.07, 6.45) is 0. The molecule has 0 aliphatic heterocycles. The number of benzene rings is 2. The molecule has 0 saturated heterocycles. The molecular formula is C15H13BrF2. The Hall–Kier alpha value is -1.22. The fourth-order valence-corrected chi connectivity index (χ4v) is 2.75. The van der Waals surface area contributed by atoms with Crippen molar-refractivity contribution in [3.8, 4) is 0 Å². The van der Waals surface area contributed by atoms with Gasteiger partial charge in [0.05, 0.1) is 4.83 Å². The fourth-order valence-electron chi connectivity index (χ4n) is 1.91. The van der Waals surface area contributed by atoms with Crippen molar-refractivity contribution in [3.05, 3.63) is 70.3 Å². The van der Waals surface area contributed by atoms with Crippen molar-refractivity contribution in [2.75, 3.05) is 0 Å². The van der Waals surface area contributed by atoms with Crippen molar-refractivity contribution in [1.29, 1.82) is 0 Å². The summed E-state index contributed by atoms with van der Waals surface area (Å²) in [5.74, 6) is -0.833. The van der Waals surface area contributed by atoms with Gasteiger partial charge >= 0.3 is 0 Å². The highest BCUT2D eigenvalue weighted by atomic mass is 79.9. The summed E-state index contributed by atoms with van der Waals surface area (Å²) in [4.78, 5) is -0.340. The molecule has 3 heteroatoms. The SMILES string of the molecule is Cc1ccc(C)c(C(Br)c2cc(F)ccc2F)c1. The molecule has 0 amide bonds. The molecule has 0 bridgehead atoms. The van der Waals surface area contributed by atoms with Crippen molar-refractivity contribution < 1.29 is 8.78 Å². The summed E-state index contributed by atoms with van der Waals surface area (Å²) >= 11 is 3.46. The summed E-state index contributed by atoms with van der Waals surface area (Å²) in [6, 6.07) is 9.48. The van der Waals surface area contributed by atoms with E-state index in [1.165, 1.54) is 6.07 Å². The fraction of sp³-hybridized carbons (Fsp3) is 0.200. The minimum atomic E-state index is -0.429. The molecule has 0 aromatic heterocycles. The third-order valence-electron chi connectivity index (χ3n) is 2.94. The van der Waals surface area contributed by atoms with Gasteiger partial charge in [0.25, 0.3) is 0 Å². The highest BCUT2D eigenvalue weighted by molar-refractivity contribution is 9.09. The maximum Gasteiger partial charge on any atom is 0.128 e. The van der Waals surface area contributed by atoms with Gasteiger partial charge in [-0.3, -0.25) is 0 Å². The summed E-state index contributed by atoms with van der Waals surface area (Å²) < 4.78 is 27.0. The van der Waals surface area contributed by atoms with Crippen molar-refractivity contribution >= 4 is 15.9 Å². The molecule has 0 aliphatic rings. The lowest BCUT2D eigenvalue weighted by Gasteiger charge is -2.15. The molecule has 2 aromatic rings. The molecule has 0 aliphatic carbocycles. The number of aryl methyl sites for hydroxylation is 2. The van der Waals surface area contributed by atoms with Gasteiger partial charge in [0.1, 0.15) is 11.6 Å². The predicted octanol–water partition coefficient (Wildman–Crippen LogP) is 5.07. The molecule has 0 radical (unpaired) electrons. The van der Waals surface area contributed by atoms with Gasteiger partial charge in [-0.25, -0.2) is 8.78 Å². The monoisotopic (exact) mass is 310 g/mol. The summed E-state index contributed by atoms with van der Waals surface area (Å²) in [6.45, 7) is 3.94. The van der Waals surface area contributed by atoms with E-state index < -0.39 is 11.6 Å². The smallest absolute Gasteiger partial charge is 0.128 e. The highest BCUT2D eigenvalue weighted by Gasteiger charge is 2.17. The molecule has 2 rings (SSSR count). The normalized spacial score (nSPS) is 12.5. The predicted molar refractivity (Wildman–Crippen MR) is 73.0 cm³/mol. The van der Waals surface area contributed by atoms with Gasteiger partial charge in [-0.1, -0.05) is 39.7 Å². The van der Waals surface area contributed by atoms with Gasteiger partial charge in [-0.05, 0) is 43.2 Å². The van der Waals surface area contributed by atoms with Gasteiger partial charge < -0.3 is 0 Å². The lowest BCUT2D eigenvalue weighted by Crippen LogP contribution is -2.00. The van der Waals surface area contributed by atoms with Crippen LogP contribution in [0.1, 0.15) is 27.1 Å². The zero-order chi connectivity index (χ0) is 13.3. The third kappa shape index (κ3) is 2.61. The van der Waals surface area contributed by atoms with E-state index in [4.69, 9.17) is 0 Å². The summed E-state index contributed by atoms with van der Waals surface area (Å²) in [5, 5.41) is 0. The van der Waals surface area contributed by atoms with E-state index in [-0.39, 0.29) is 4.83 Å². The van der Waals surface area contributed by atoms with Crippen LogP contribution in [0.15, 0.2) is 36.4 Å². The van der Waals surface area contributed by atoms with Crippen LogP contribution in [0.3, 0.4) is 0 Å². The highest BCUT2D eigenvalue weighted by Crippen LogP contribution is 2.35. The second kappa shape index (κ2) is 5.19. The first kappa shape index (κ1) is 13.2. The molecule has 0 saturated carbocycles. The van der Waals surface area contributed by atoms with E-state index in [0.717, 1.165) is 28.8 Å². The van der Waals surface area contributed by atoms with Gasteiger partial charge in [-0.2, -0.15) is 0 Å². The standard InChI is InChI=1S/C15H13BrF2/c1-9-3-4-10(2)12(7-9)15(16)13-8-11(17)5-6-14(13)18/h3-8,15H,1-2H3. The van der Waals surface area contributed by atoms with E-state index in [2.05, 4.69) is 15.9 Å². The van der Waals surface area contributed by atoms with E-state index >= 15 is 0 Å². The van der Waals surface area contributed by atoms with Crippen molar-refractivity contribution in [3.63, 3.8) is 0 Å². The zero-order valence-corrected chi connectivity index (χ0v) is 11.8. The molecule has 18 heavy (non-hydrogen) atoms. The largest absolute Gasteiger partial charge is 0.207 e. The maximum atomic E-state index is 13.7. The summed E-state index contributed by atoms with van der Waals surface area (Å²) in [7, 11) is 0. The topological polar surface area (TPSA) is 0 Å². The van der Waals surface area contributed by atoms with Gasteiger partial charge in [-0.15, -0.1) is 0 Å². The van der Waals surface area contributed by atoms with E-state index in [1.807, 2.05) is 32.0 Å². The molecule has 1 unspecified atom stereocenters. The first-order chi connectivity index (χ1) is 8.49. The molecule has 0 fully saturated rings. The van der Waals surface area contributed by atoms with E-state index in [0.29, 0.717) is 5.56 Å². The average molecular weight is 311 g/mol. The van der Waals surface area contributed by atoms with Crippen LogP contribution in [0.2, 0.25) is 0 Å². The van der Waals surface area contributed by atoms with Crippen LogP contribution < -0.4 is 0 Å². The van der Waals surface area contributed by atoms with Crippen LogP contribution >= 0.6 is 15.9 Å². The Balaban J connectivity index is 2.50. The number of hydrogen-bond donors (Lipinski definition) is 0. The Labute approximate surface area is 114 Å². The Morgan fingerprint density at radius 3 is 2.39 bits per heavy atom. The van der Waals surface area contributed by atoms with Gasteiger partial charge in [0.2, 0.25) is 0 Å². The Morgan fingerprint density at radius 2 is 1.67 bits per heavy atom. The molecule has 0 heterocycles. The number of halogens is 3. The van der Waals surface area contributed by atoms with Crippen molar-refractivity contribution in [1.82, 2.24) is 0 Å². The number of rotatable bonds is 2. The first-order valence-corrected chi connectivity index (χ1v) is 6.57. The molecule has 0 nitrogen and oxygen atoms in total. The summed E-state index contributed by atoms with van der Waals surface area (Å²) in [5.41, 5.74) is 3.42. The van der Waals surface area contributed by atoms with E-state index in [1.54, 1.807) is 0 Å². The van der Waals surface area contributed by atoms with Gasteiger partial charge in [0.15, 0.2) is 0 Å². The average Bonchev–Trinajstić information content (AvgIpc) is 2.34. The second-order valence-corrected chi connectivity index (χ2v) is 5.30.